The number of fused-ring (bicyclic) bond motifs is 4. The van der Waals surface area contributed by atoms with Crippen LogP contribution in [0.5, 0.6) is 0 Å². The minimum atomic E-state index is -0.451. The predicted octanol–water partition coefficient (Wildman–Crippen LogP) is 4.43. The standard InChI is InChI=1S/C23H22FN2O.CH.Nd/c24-22-10-16(1-2-17(22)11-25)20-8-15-3-4-19-5-6-23(26-19)21(15)9-18(20)7-14-12-27-13-14;;/h1-3,8-10,14,19,23,26H,4-7,12-13H2;1H;/q-1;;/t19-,23-;;/m0../s1. The van der Waals surface area contributed by atoms with E-state index in [-0.39, 0.29) is 5.56 Å². The van der Waals surface area contributed by atoms with Crippen LogP contribution < -0.4 is 5.32 Å². The zero-order valence-electron chi connectivity index (χ0n) is 16.2. The molecule has 2 fully saturated rings. The van der Waals surface area contributed by atoms with Crippen molar-refractivity contribution in [2.45, 2.75) is 37.8 Å². The van der Waals surface area contributed by atoms with E-state index in [4.69, 9.17) is 10.00 Å². The number of nitriles is 1. The van der Waals surface area contributed by atoms with Crippen LogP contribution in [0.25, 0.3) is 11.1 Å². The van der Waals surface area contributed by atoms with E-state index < -0.39 is 5.82 Å². The Morgan fingerprint density at radius 2 is 2.07 bits per heavy atom. The van der Waals surface area contributed by atoms with Crippen LogP contribution in [0.1, 0.15) is 47.6 Å². The van der Waals surface area contributed by atoms with Crippen LogP contribution in [0.2, 0.25) is 0 Å². The fraction of sp³-hybridized carbons (Fsp3) is 0.375. The third-order valence-electron chi connectivity index (χ3n) is 6.16. The zero-order valence-corrected chi connectivity index (χ0v) is 19.5. The van der Waals surface area contributed by atoms with Crippen LogP contribution in [0.15, 0.2) is 30.3 Å². The number of benzene rings is 2. The van der Waals surface area contributed by atoms with Gasteiger partial charge >= 0.3 is 39.9 Å². The molecule has 0 radical (unpaired) electrons. The van der Waals surface area contributed by atoms with Gasteiger partial charge in [0.15, 0.2) is 0 Å². The summed E-state index contributed by atoms with van der Waals surface area (Å²) in [6.07, 6.45) is 6.73. The quantitative estimate of drug-likeness (QED) is 0.612. The Kier molecular flexibility index (Phi) is 6.73. The second-order valence-corrected chi connectivity index (χ2v) is 7.99. The maximum atomic E-state index is 14.3. The van der Waals surface area contributed by atoms with Crippen molar-refractivity contribution < 1.29 is 47.1 Å². The van der Waals surface area contributed by atoms with Gasteiger partial charge in [-0.05, 0) is 49.0 Å². The van der Waals surface area contributed by atoms with E-state index in [0.717, 1.165) is 75.2 Å². The topological polar surface area (TPSA) is 45.0 Å². The van der Waals surface area contributed by atoms with Gasteiger partial charge in [-0.25, -0.2) is 4.39 Å². The molecule has 1 N–H and O–H groups in total. The number of ether oxygens (including phenoxy) is 1. The molecule has 0 spiro atoms. The van der Waals surface area contributed by atoms with Crippen molar-refractivity contribution in [3.63, 3.8) is 0 Å². The number of hydrogen-bond acceptors (Lipinski definition) is 3. The fourth-order valence-corrected chi connectivity index (χ4v) is 4.60. The Morgan fingerprint density at radius 3 is 2.76 bits per heavy atom. The number of nitrogens with one attached hydrogen (secondary N) is 1. The molecule has 2 atom stereocenters. The van der Waals surface area contributed by atoms with Gasteiger partial charge in [0.05, 0.1) is 18.8 Å². The number of rotatable bonds is 3. The van der Waals surface area contributed by atoms with Crippen LogP contribution in [0, 0.1) is 69.4 Å². The van der Waals surface area contributed by atoms with E-state index >= 15 is 0 Å². The van der Waals surface area contributed by atoms with Crippen molar-refractivity contribution >= 4 is 0 Å². The van der Waals surface area contributed by atoms with Gasteiger partial charge in [-0.2, -0.15) is 23.3 Å². The van der Waals surface area contributed by atoms with Gasteiger partial charge in [-0.15, -0.1) is 11.6 Å². The van der Waals surface area contributed by atoms with Crippen LogP contribution >= 0.6 is 0 Å². The summed E-state index contributed by atoms with van der Waals surface area (Å²) in [5.74, 6) is 0.0802. The first kappa shape index (κ1) is 21.0. The molecule has 3 aliphatic heterocycles. The van der Waals surface area contributed by atoms with Gasteiger partial charge in [0, 0.05) is 5.92 Å². The predicted molar refractivity (Wildman–Crippen MR) is 106 cm³/mol. The molecule has 2 aromatic rings. The van der Waals surface area contributed by atoms with Gasteiger partial charge in [0.1, 0.15) is 11.9 Å². The third kappa shape index (κ3) is 4.31. The molecule has 2 saturated heterocycles. The monoisotopic (exact) mass is 516 g/mol. The van der Waals surface area contributed by atoms with Gasteiger partial charge < -0.3 is 10.1 Å². The molecule has 3 heterocycles. The Labute approximate surface area is 197 Å². The van der Waals surface area contributed by atoms with E-state index in [1.54, 1.807) is 6.07 Å². The fourth-order valence-electron chi connectivity index (χ4n) is 4.60. The molecule has 2 bridgehead atoms. The van der Waals surface area contributed by atoms with E-state index in [0.29, 0.717) is 18.0 Å². The summed E-state index contributed by atoms with van der Waals surface area (Å²) in [5.41, 5.74) is 5.92. The van der Waals surface area contributed by atoms with Crippen molar-refractivity contribution in [1.29, 1.82) is 5.26 Å². The summed E-state index contributed by atoms with van der Waals surface area (Å²) in [6.45, 7) is 1.60. The molecular formula is C24H23FN2NdO-. The molecule has 0 amide bonds. The molecule has 3 nitrogen and oxygen atoms in total. The molecule has 2 aromatic carbocycles. The van der Waals surface area contributed by atoms with E-state index in [1.165, 1.54) is 35.6 Å². The summed E-state index contributed by atoms with van der Waals surface area (Å²) in [7, 11) is 0. The molecule has 3 aliphatic rings. The Morgan fingerprint density at radius 1 is 1.24 bits per heavy atom. The molecule has 0 aromatic heterocycles. The van der Waals surface area contributed by atoms with Crippen molar-refractivity contribution in [1.82, 2.24) is 5.32 Å². The average Bonchev–Trinajstić information content (AvgIpc) is 3.11. The van der Waals surface area contributed by atoms with E-state index in [2.05, 4.69) is 25.8 Å². The van der Waals surface area contributed by atoms with Gasteiger partial charge in [-0.1, -0.05) is 23.6 Å². The Balaban J connectivity index is 0.000000994. The first-order chi connectivity index (χ1) is 14.2. The summed E-state index contributed by atoms with van der Waals surface area (Å²) < 4.78 is 24.3. The number of hydrogen-bond donors (Lipinski definition) is 1. The van der Waals surface area contributed by atoms with Gasteiger partial charge in [0.25, 0.3) is 0 Å². The van der Waals surface area contributed by atoms with Crippen LogP contribution in [-0.2, 0) is 11.2 Å². The molecule has 29 heavy (non-hydrogen) atoms. The Hall–Kier alpha value is -1.22. The summed E-state index contributed by atoms with van der Waals surface area (Å²) in [4.78, 5) is 0. The maximum absolute atomic E-state index is 14.3. The average molecular weight is 519 g/mol. The number of nitrogens with zero attached hydrogens (tertiary/aromatic N) is 1. The second-order valence-electron chi connectivity index (χ2n) is 7.99. The van der Waals surface area contributed by atoms with Crippen molar-refractivity contribution in [2.75, 3.05) is 13.2 Å². The summed E-state index contributed by atoms with van der Waals surface area (Å²) in [6, 6.07) is 12.4. The summed E-state index contributed by atoms with van der Waals surface area (Å²) in [5, 5.41) is 12.8. The van der Waals surface area contributed by atoms with Crippen LogP contribution in [0.4, 0.5) is 4.39 Å². The number of halogens is 1. The van der Waals surface area contributed by atoms with Crippen LogP contribution in [0.3, 0.4) is 0 Å². The molecule has 0 aliphatic carbocycles. The minimum absolute atomic E-state index is 0.0931. The first-order valence-corrected chi connectivity index (χ1v) is 11.9. The summed E-state index contributed by atoms with van der Waals surface area (Å²) >= 11 is 0.806. The zero-order chi connectivity index (χ0) is 20.4. The Bertz CT molecular complexity index is 977. The second kappa shape index (κ2) is 9.29. The molecule has 5 heteroatoms. The van der Waals surface area contributed by atoms with Gasteiger partial charge in [-0.3, -0.25) is 0 Å². The molecule has 0 saturated carbocycles. The SMILES string of the molecule is N#Cc1ccc(-c2cc3c(cc2CC2COC2)[C@@H]2CC[C@H](C[CH-]3)N2)cc1F.[CH]#[Nd]. The van der Waals surface area contributed by atoms with Crippen molar-refractivity contribution in [3.8, 4) is 19.1 Å². The molecular weight excluding hydrogens is 496 g/mol. The molecule has 0 unspecified atom stereocenters. The van der Waals surface area contributed by atoms with E-state index in [9.17, 15) is 4.39 Å². The molecule has 5 rings (SSSR count). The van der Waals surface area contributed by atoms with E-state index in [1.807, 2.05) is 12.1 Å². The van der Waals surface area contributed by atoms with Crippen molar-refractivity contribution in [2.24, 2.45) is 5.92 Å². The first-order valence-electron chi connectivity index (χ1n) is 10.0. The van der Waals surface area contributed by atoms with Crippen LogP contribution in [-0.4, -0.2) is 19.3 Å². The third-order valence-corrected chi connectivity index (χ3v) is 6.16. The molecule has 147 valence electrons. The van der Waals surface area contributed by atoms with Gasteiger partial charge in [0.2, 0.25) is 0 Å². The van der Waals surface area contributed by atoms with Crippen molar-refractivity contribution in [3.05, 3.63) is 64.8 Å². The normalized spacial score (nSPS) is 22.2.